The van der Waals surface area contributed by atoms with E-state index in [0.29, 0.717) is 36.8 Å². The van der Waals surface area contributed by atoms with Crippen molar-refractivity contribution >= 4 is 23.3 Å². The minimum atomic E-state index is -0.198. The molecule has 0 bridgehead atoms. The van der Waals surface area contributed by atoms with Crippen LogP contribution in [0.4, 0.5) is 16.2 Å². The van der Waals surface area contributed by atoms with Crippen molar-refractivity contribution in [2.24, 2.45) is 0 Å². The van der Waals surface area contributed by atoms with E-state index in [4.69, 9.17) is 9.47 Å². The molecule has 2 heterocycles. The third kappa shape index (κ3) is 3.67. The Balaban J connectivity index is 1.50. The molecular formula is C23H27N3O4. The maximum Gasteiger partial charge on any atom is 0.325 e. The number of benzene rings is 2. The molecule has 1 fully saturated rings. The molecule has 0 saturated carbocycles. The molecule has 0 radical (unpaired) electrons. The van der Waals surface area contributed by atoms with Crippen molar-refractivity contribution in [2.75, 3.05) is 50.2 Å². The van der Waals surface area contributed by atoms with Crippen LogP contribution in [-0.4, -0.2) is 57.2 Å². The van der Waals surface area contributed by atoms with Gasteiger partial charge in [-0.3, -0.25) is 9.69 Å². The van der Waals surface area contributed by atoms with E-state index in [1.165, 1.54) is 11.1 Å². The van der Waals surface area contributed by atoms with Crippen LogP contribution in [0.25, 0.3) is 0 Å². The molecule has 1 saturated heterocycles. The number of urea groups is 1. The van der Waals surface area contributed by atoms with Gasteiger partial charge in [0, 0.05) is 31.4 Å². The number of carbonyl (C=O) groups excluding carboxylic acids is 2. The summed E-state index contributed by atoms with van der Waals surface area (Å²) in [6, 6.07) is 11.3. The molecule has 7 nitrogen and oxygen atoms in total. The number of amides is 3. The summed E-state index contributed by atoms with van der Waals surface area (Å²) in [5, 5.41) is 0. The van der Waals surface area contributed by atoms with Crippen molar-refractivity contribution < 1.29 is 19.1 Å². The van der Waals surface area contributed by atoms with E-state index in [-0.39, 0.29) is 18.5 Å². The van der Waals surface area contributed by atoms with E-state index in [0.717, 1.165) is 18.5 Å². The van der Waals surface area contributed by atoms with E-state index in [9.17, 15) is 9.59 Å². The number of anilines is 2. The molecule has 4 rings (SSSR count). The second kappa shape index (κ2) is 8.26. The molecule has 2 aromatic carbocycles. The molecule has 0 N–H and O–H groups in total. The fraction of sp³-hybridized carbons (Fsp3) is 0.391. The van der Waals surface area contributed by atoms with Gasteiger partial charge in [-0.25, -0.2) is 4.79 Å². The Labute approximate surface area is 176 Å². The predicted octanol–water partition coefficient (Wildman–Crippen LogP) is 3.23. The van der Waals surface area contributed by atoms with Gasteiger partial charge in [0.2, 0.25) is 5.91 Å². The van der Waals surface area contributed by atoms with Crippen molar-refractivity contribution in [3.8, 4) is 11.5 Å². The Kier molecular flexibility index (Phi) is 5.53. The zero-order valence-corrected chi connectivity index (χ0v) is 17.7. The van der Waals surface area contributed by atoms with E-state index < -0.39 is 0 Å². The maximum absolute atomic E-state index is 13.1. The molecule has 0 aliphatic carbocycles. The van der Waals surface area contributed by atoms with Crippen LogP contribution in [0.3, 0.4) is 0 Å². The van der Waals surface area contributed by atoms with E-state index in [1.54, 1.807) is 42.2 Å². The first-order valence-electron chi connectivity index (χ1n) is 10.2. The average molecular weight is 409 g/mol. The molecule has 0 aromatic heterocycles. The summed E-state index contributed by atoms with van der Waals surface area (Å²) in [5.74, 6) is 1.19. The number of carbonyl (C=O) groups is 2. The summed E-state index contributed by atoms with van der Waals surface area (Å²) < 4.78 is 10.7. The van der Waals surface area contributed by atoms with Gasteiger partial charge in [-0.05, 0) is 43.5 Å². The molecular weight excluding hydrogens is 382 g/mol. The largest absolute Gasteiger partial charge is 0.497 e. The van der Waals surface area contributed by atoms with E-state index in [2.05, 4.69) is 13.0 Å². The highest BCUT2D eigenvalue weighted by Crippen LogP contribution is 2.34. The number of ether oxygens (including phenoxy) is 2. The van der Waals surface area contributed by atoms with Gasteiger partial charge < -0.3 is 19.3 Å². The summed E-state index contributed by atoms with van der Waals surface area (Å²) in [6.45, 7) is 3.79. The summed E-state index contributed by atoms with van der Waals surface area (Å²) in [5.41, 5.74) is 4.01. The number of hydrogen-bond acceptors (Lipinski definition) is 4. The smallest absolute Gasteiger partial charge is 0.325 e. The Morgan fingerprint density at radius 3 is 2.60 bits per heavy atom. The quantitative estimate of drug-likeness (QED) is 0.761. The summed E-state index contributed by atoms with van der Waals surface area (Å²) in [6.07, 6.45) is 1.91. The molecule has 7 heteroatoms. The highest BCUT2D eigenvalue weighted by atomic mass is 16.5. The van der Waals surface area contributed by atoms with Crippen LogP contribution in [-0.2, 0) is 11.2 Å². The lowest BCUT2D eigenvalue weighted by Crippen LogP contribution is -2.44. The molecule has 3 amide bonds. The van der Waals surface area contributed by atoms with Crippen LogP contribution < -0.4 is 19.3 Å². The fourth-order valence-corrected chi connectivity index (χ4v) is 4.19. The molecule has 158 valence electrons. The van der Waals surface area contributed by atoms with Gasteiger partial charge in [-0.15, -0.1) is 0 Å². The Bertz CT molecular complexity index is 975. The molecule has 30 heavy (non-hydrogen) atoms. The number of nitrogens with zero attached hydrogens (tertiary/aromatic N) is 3. The zero-order chi connectivity index (χ0) is 21.3. The van der Waals surface area contributed by atoms with Crippen molar-refractivity contribution in [3.05, 3.63) is 47.5 Å². The minimum Gasteiger partial charge on any atom is -0.497 e. The van der Waals surface area contributed by atoms with Gasteiger partial charge in [-0.1, -0.05) is 17.7 Å². The van der Waals surface area contributed by atoms with Gasteiger partial charge in [0.1, 0.15) is 18.0 Å². The number of rotatable bonds is 5. The minimum absolute atomic E-state index is 0.0485. The number of hydrogen-bond donors (Lipinski definition) is 0. The van der Waals surface area contributed by atoms with Gasteiger partial charge in [-0.2, -0.15) is 0 Å². The normalized spacial score (nSPS) is 16.0. The van der Waals surface area contributed by atoms with Gasteiger partial charge in [0.15, 0.2) is 0 Å². The third-order valence-electron chi connectivity index (χ3n) is 5.75. The molecule has 0 unspecified atom stereocenters. The molecule has 0 atom stereocenters. The maximum atomic E-state index is 13.1. The zero-order valence-electron chi connectivity index (χ0n) is 17.7. The van der Waals surface area contributed by atoms with Crippen LogP contribution in [0.15, 0.2) is 36.4 Å². The SMILES string of the molecule is COc1ccc(OC)c(N2CCN(CC(=O)N3CCCc4cc(C)ccc43)C2=O)c1. The highest BCUT2D eigenvalue weighted by Gasteiger charge is 2.34. The predicted molar refractivity (Wildman–Crippen MR) is 116 cm³/mol. The van der Waals surface area contributed by atoms with Gasteiger partial charge in [0.25, 0.3) is 0 Å². The first-order valence-corrected chi connectivity index (χ1v) is 10.2. The second-order valence-electron chi connectivity index (χ2n) is 7.67. The highest BCUT2D eigenvalue weighted by molar-refractivity contribution is 6.01. The van der Waals surface area contributed by atoms with Crippen LogP contribution in [0.1, 0.15) is 17.5 Å². The first kappa shape index (κ1) is 20.1. The molecule has 2 aliphatic heterocycles. The lowest BCUT2D eigenvalue weighted by molar-refractivity contribution is -0.119. The van der Waals surface area contributed by atoms with Gasteiger partial charge in [0.05, 0.1) is 19.9 Å². The lowest BCUT2D eigenvalue weighted by Gasteiger charge is -2.31. The van der Waals surface area contributed by atoms with Crippen LogP contribution in [0, 0.1) is 6.92 Å². The Morgan fingerprint density at radius 2 is 1.83 bits per heavy atom. The monoisotopic (exact) mass is 409 g/mol. The summed E-state index contributed by atoms with van der Waals surface area (Å²) >= 11 is 0. The first-order chi connectivity index (χ1) is 14.5. The topological polar surface area (TPSA) is 62.3 Å². The van der Waals surface area contributed by atoms with Crippen molar-refractivity contribution in [1.29, 1.82) is 0 Å². The summed E-state index contributed by atoms with van der Waals surface area (Å²) in [7, 11) is 3.16. The number of methoxy groups -OCH3 is 2. The molecule has 2 aromatic rings. The van der Waals surface area contributed by atoms with Crippen molar-refractivity contribution in [3.63, 3.8) is 0 Å². The van der Waals surface area contributed by atoms with Crippen LogP contribution in [0.2, 0.25) is 0 Å². The third-order valence-corrected chi connectivity index (χ3v) is 5.75. The number of aryl methyl sites for hydroxylation is 2. The van der Waals surface area contributed by atoms with E-state index >= 15 is 0 Å². The van der Waals surface area contributed by atoms with Crippen LogP contribution >= 0.6 is 0 Å². The van der Waals surface area contributed by atoms with Crippen molar-refractivity contribution in [2.45, 2.75) is 19.8 Å². The molecule has 0 spiro atoms. The Morgan fingerprint density at radius 1 is 1.00 bits per heavy atom. The fourth-order valence-electron chi connectivity index (χ4n) is 4.19. The molecule has 2 aliphatic rings. The average Bonchev–Trinajstić information content (AvgIpc) is 3.12. The summed E-state index contributed by atoms with van der Waals surface area (Å²) in [4.78, 5) is 31.2. The van der Waals surface area contributed by atoms with E-state index in [1.807, 2.05) is 17.0 Å². The lowest BCUT2D eigenvalue weighted by atomic mass is 9.99. The van der Waals surface area contributed by atoms with Crippen LogP contribution in [0.5, 0.6) is 11.5 Å². The Hall–Kier alpha value is -3.22. The van der Waals surface area contributed by atoms with Crippen molar-refractivity contribution in [1.82, 2.24) is 4.90 Å². The standard InChI is InChI=1S/C23H27N3O4/c1-16-6-8-19-17(13-16)5-4-10-25(19)22(27)15-24-11-12-26(23(24)28)20-14-18(29-2)7-9-21(20)30-3/h6-9,13-14H,4-5,10-12,15H2,1-3H3. The van der Waals surface area contributed by atoms with Gasteiger partial charge >= 0.3 is 6.03 Å². The second-order valence-corrected chi connectivity index (χ2v) is 7.67. The number of fused-ring (bicyclic) bond motifs is 1.